The molecule has 2 aromatic rings. The van der Waals surface area contributed by atoms with E-state index in [4.69, 9.17) is 23.2 Å². The van der Waals surface area contributed by atoms with Crippen molar-refractivity contribution in [2.24, 2.45) is 0 Å². The lowest BCUT2D eigenvalue weighted by Gasteiger charge is -2.29. The van der Waals surface area contributed by atoms with Crippen molar-refractivity contribution < 1.29 is 9.59 Å². The second-order valence-electron chi connectivity index (χ2n) is 7.09. The molecule has 0 aliphatic carbocycles. The van der Waals surface area contributed by atoms with Gasteiger partial charge >= 0.3 is 0 Å². The first-order chi connectivity index (χ1) is 14.4. The van der Waals surface area contributed by atoms with Crippen molar-refractivity contribution in [3.63, 3.8) is 0 Å². The molecule has 0 saturated carbocycles. The number of halogens is 2. The van der Waals surface area contributed by atoms with Crippen LogP contribution in [0.1, 0.15) is 37.8 Å². The molecule has 0 heterocycles. The zero-order valence-electron chi connectivity index (χ0n) is 17.4. The normalized spacial score (nSPS) is 11.7. The third kappa shape index (κ3) is 8.21. The average molecular weight is 467 g/mol. The maximum atomic E-state index is 13.0. The summed E-state index contributed by atoms with van der Waals surface area (Å²) in [5.74, 6) is 0.729. The Kier molecular flexibility index (Phi) is 10.6. The molecule has 0 radical (unpaired) electrons. The Morgan fingerprint density at radius 1 is 1.07 bits per heavy atom. The van der Waals surface area contributed by atoms with Gasteiger partial charge in [0, 0.05) is 28.9 Å². The first kappa shape index (κ1) is 24.6. The molecule has 0 unspecified atom stereocenters. The van der Waals surface area contributed by atoms with Crippen LogP contribution in [0.2, 0.25) is 10.0 Å². The SMILES string of the molecule is CCCCNC(=O)[C@H](C)N(Cc1cccc(Cl)c1)C(=O)CSCc1cccc(Cl)c1. The predicted molar refractivity (Wildman–Crippen MR) is 127 cm³/mol. The molecule has 0 spiro atoms. The highest BCUT2D eigenvalue weighted by Crippen LogP contribution is 2.19. The van der Waals surface area contributed by atoms with Crippen molar-refractivity contribution in [2.45, 2.75) is 45.0 Å². The van der Waals surface area contributed by atoms with Gasteiger partial charge in [-0.2, -0.15) is 0 Å². The van der Waals surface area contributed by atoms with Crippen LogP contribution in [0, 0.1) is 0 Å². The molecule has 4 nitrogen and oxygen atoms in total. The third-order valence-corrected chi connectivity index (χ3v) is 6.08. The minimum Gasteiger partial charge on any atom is -0.354 e. The number of hydrogen-bond donors (Lipinski definition) is 1. The summed E-state index contributed by atoms with van der Waals surface area (Å²) >= 11 is 13.6. The second-order valence-corrected chi connectivity index (χ2v) is 8.95. The lowest BCUT2D eigenvalue weighted by molar-refractivity contribution is -0.138. The molecule has 0 aliphatic rings. The number of hydrogen-bond acceptors (Lipinski definition) is 3. The zero-order chi connectivity index (χ0) is 21.9. The van der Waals surface area contributed by atoms with Crippen LogP contribution in [0.4, 0.5) is 0 Å². The van der Waals surface area contributed by atoms with E-state index >= 15 is 0 Å². The number of nitrogens with zero attached hydrogens (tertiary/aromatic N) is 1. The molecule has 2 aromatic carbocycles. The molecule has 0 aromatic heterocycles. The molecule has 30 heavy (non-hydrogen) atoms. The van der Waals surface area contributed by atoms with Crippen LogP contribution in [0.25, 0.3) is 0 Å². The number of rotatable bonds is 11. The molecule has 2 amide bonds. The van der Waals surface area contributed by atoms with E-state index in [0.29, 0.717) is 28.9 Å². The summed E-state index contributed by atoms with van der Waals surface area (Å²) in [7, 11) is 0. The van der Waals surface area contributed by atoms with Crippen molar-refractivity contribution >= 4 is 46.8 Å². The van der Waals surface area contributed by atoms with E-state index < -0.39 is 6.04 Å². The van der Waals surface area contributed by atoms with Gasteiger partial charge in [-0.05, 0) is 48.7 Å². The predicted octanol–water partition coefficient (Wildman–Crippen LogP) is 5.56. The number of thioether (sulfide) groups is 1. The Balaban J connectivity index is 2.04. The summed E-state index contributed by atoms with van der Waals surface area (Å²) in [4.78, 5) is 27.3. The molecule has 1 atom stereocenters. The third-order valence-electron chi connectivity index (χ3n) is 4.62. The molecular weight excluding hydrogens is 439 g/mol. The molecular formula is C23H28Cl2N2O2S. The zero-order valence-corrected chi connectivity index (χ0v) is 19.7. The Bertz CT molecular complexity index is 847. The van der Waals surface area contributed by atoms with E-state index in [-0.39, 0.29) is 17.6 Å². The Morgan fingerprint density at radius 2 is 1.70 bits per heavy atom. The molecule has 0 saturated heterocycles. The van der Waals surface area contributed by atoms with Gasteiger partial charge in [-0.3, -0.25) is 9.59 Å². The van der Waals surface area contributed by atoms with E-state index in [1.165, 1.54) is 11.8 Å². The molecule has 2 rings (SSSR count). The summed E-state index contributed by atoms with van der Waals surface area (Å²) in [6, 6.07) is 14.4. The maximum Gasteiger partial charge on any atom is 0.242 e. The van der Waals surface area contributed by atoms with Crippen LogP contribution in [0.3, 0.4) is 0 Å². The van der Waals surface area contributed by atoms with Crippen molar-refractivity contribution in [1.82, 2.24) is 10.2 Å². The molecule has 162 valence electrons. The van der Waals surface area contributed by atoms with Gasteiger partial charge in [-0.15, -0.1) is 11.8 Å². The summed E-state index contributed by atoms with van der Waals surface area (Å²) in [6.07, 6.45) is 1.91. The van der Waals surface area contributed by atoms with E-state index in [1.807, 2.05) is 42.5 Å². The van der Waals surface area contributed by atoms with Gasteiger partial charge < -0.3 is 10.2 Å². The Labute approximate surface area is 193 Å². The van der Waals surface area contributed by atoms with E-state index in [1.54, 1.807) is 17.9 Å². The maximum absolute atomic E-state index is 13.0. The number of unbranched alkanes of at least 4 members (excludes halogenated alkanes) is 1. The van der Waals surface area contributed by atoms with Crippen molar-refractivity contribution in [3.05, 3.63) is 69.7 Å². The summed E-state index contributed by atoms with van der Waals surface area (Å²) in [5.41, 5.74) is 1.95. The van der Waals surface area contributed by atoms with Crippen LogP contribution >= 0.6 is 35.0 Å². The van der Waals surface area contributed by atoms with E-state index in [9.17, 15) is 9.59 Å². The highest BCUT2D eigenvalue weighted by Gasteiger charge is 2.25. The first-order valence-electron chi connectivity index (χ1n) is 10.0. The van der Waals surface area contributed by atoms with E-state index in [2.05, 4.69) is 12.2 Å². The minimum atomic E-state index is -0.569. The van der Waals surface area contributed by atoms with Gasteiger partial charge in [-0.25, -0.2) is 0 Å². The van der Waals surface area contributed by atoms with Gasteiger partial charge in [0.05, 0.1) is 5.75 Å². The van der Waals surface area contributed by atoms with Gasteiger partial charge in [0.25, 0.3) is 0 Å². The van der Waals surface area contributed by atoms with Gasteiger partial charge in [0.15, 0.2) is 0 Å². The molecule has 0 fully saturated rings. The van der Waals surface area contributed by atoms with Gasteiger partial charge in [0.2, 0.25) is 11.8 Å². The second kappa shape index (κ2) is 12.9. The first-order valence-corrected chi connectivity index (χ1v) is 12.0. The van der Waals surface area contributed by atoms with Gasteiger partial charge in [-0.1, -0.05) is 60.8 Å². The van der Waals surface area contributed by atoms with Crippen LogP contribution in [-0.4, -0.2) is 35.1 Å². The monoisotopic (exact) mass is 466 g/mol. The summed E-state index contributed by atoms with van der Waals surface area (Å²) in [5, 5.41) is 4.21. The van der Waals surface area contributed by atoms with Crippen molar-refractivity contribution in [1.29, 1.82) is 0 Å². The quantitative estimate of drug-likeness (QED) is 0.440. The van der Waals surface area contributed by atoms with Crippen molar-refractivity contribution in [2.75, 3.05) is 12.3 Å². The Hall–Kier alpha value is -1.69. The van der Waals surface area contributed by atoms with Crippen LogP contribution in [0.5, 0.6) is 0 Å². The summed E-state index contributed by atoms with van der Waals surface area (Å²) in [6.45, 7) is 4.79. The standard InChI is InChI=1S/C23H28Cl2N2O2S/c1-3-4-11-26-23(29)17(2)27(14-18-7-5-9-20(24)12-18)22(28)16-30-15-19-8-6-10-21(25)13-19/h5-10,12-13,17H,3-4,11,14-16H2,1-2H3,(H,26,29)/t17-/m0/s1. The largest absolute Gasteiger partial charge is 0.354 e. The van der Waals surface area contributed by atoms with Crippen LogP contribution < -0.4 is 5.32 Å². The molecule has 7 heteroatoms. The highest BCUT2D eigenvalue weighted by molar-refractivity contribution is 7.99. The smallest absolute Gasteiger partial charge is 0.242 e. The number of carbonyl (C=O) groups excluding carboxylic acids is 2. The lowest BCUT2D eigenvalue weighted by atomic mass is 10.1. The average Bonchev–Trinajstić information content (AvgIpc) is 2.71. The van der Waals surface area contributed by atoms with E-state index in [0.717, 1.165) is 24.0 Å². The summed E-state index contributed by atoms with van der Waals surface area (Å²) < 4.78 is 0. The lowest BCUT2D eigenvalue weighted by Crippen LogP contribution is -2.48. The molecule has 1 N–H and O–H groups in total. The fraction of sp³-hybridized carbons (Fsp3) is 0.391. The number of carbonyl (C=O) groups is 2. The molecule has 0 aliphatic heterocycles. The fourth-order valence-corrected chi connectivity index (χ4v) is 4.20. The number of nitrogens with one attached hydrogen (secondary N) is 1. The van der Waals surface area contributed by atoms with Crippen molar-refractivity contribution in [3.8, 4) is 0 Å². The number of benzene rings is 2. The topological polar surface area (TPSA) is 49.4 Å². The van der Waals surface area contributed by atoms with Crippen LogP contribution in [-0.2, 0) is 21.9 Å². The number of amides is 2. The van der Waals surface area contributed by atoms with Crippen LogP contribution in [0.15, 0.2) is 48.5 Å². The highest BCUT2D eigenvalue weighted by atomic mass is 35.5. The fourth-order valence-electron chi connectivity index (χ4n) is 2.92. The van der Waals surface area contributed by atoms with Gasteiger partial charge in [0.1, 0.15) is 6.04 Å². The minimum absolute atomic E-state index is 0.0832. The molecule has 0 bridgehead atoms. The Morgan fingerprint density at radius 3 is 2.33 bits per heavy atom.